The van der Waals surface area contributed by atoms with Crippen molar-refractivity contribution < 1.29 is 9.59 Å². The molecule has 1 heterocycles. The monoisotopic (exact) mass is 416 g/mol. The van der Waals surface area contributed by atoms with Gasteiger partial charge in [-0.05, 0) is 29.0 Å². The third-order valence-electron chi connectivity index (χ3n) is 4.54. The number of benzene rings is 3. The van der Waals surface area contributed by atoms with Crippen LogP contribution in [-0.4, -0.2) is 29.6 Å². The number of halogens is 1. The number of aromatic nitrogens is 1. The van der Waals surface area contributed by atoms with Crippen molar-refractivity contribution in [3.8, 4) is 0 Å². The van der Waals surface area contributed by atoms with Crippen LogP contribution < -0.4 is 10.7 Å². The van der Waals surface area contributed by atoms with Gasteiger partial charge in [-0.2, -0.15) is 5.10 Å². The Balaban J connectivity index is 1.37. The molecule has 148 valence electrons. The minimum Gasteiger partial charge on any atom is -0.343 e. The molecule has 6 nitrogen and oxygen atoms in total. The zero-order valence-electron chi connectivity index (χ0n) is 15.8. The second kappa shape index (κ2) is 8.71. The maximum absolute atomic E-state index is 12.5. The summed E-state index contributed by atoms with van der Waals surface area (Å²) >= 11 is 6.16. The largest absolute Gasteiger partial charge is 0.343 e. The van der Waals surface area contributed by atoms with Crippen molar-refractivity contribution in [1.29, 1.82) is 0 Å². The third kappa shape index (κ3) is 4.29. The van der Waals surface area contributed by atoms with E-state index in [0.29, 0.717) is 11.1 Å². The number of hydrogen-bond acceptors (Lipinski definition) is 4. The molecule has 0 saturated heterocycles. The first-order valence-electron chi connectivity index (χ1n) is 9.25. The van der Waals surface area contributed by atoms with Gasteiger partial charge in [0.2, 0.25) is 0 Å². The highest BCUT2D eigenvalue weighted by molar-refractivity contribution is 6.32. The van der Waals surface area contributed by atoms with Crippen LogP contribution >= 0.6 is 11.6 Å². The van der Waals surface area contributed by atoms with Crippen molar-refractivity contribution in [1.82, 2.24) is 15.7 Å². The molecule has 0 spiro atoms. The van der Waals surface area contributed by atoms with Crippen molar-refractivity contribution >= 4 is 51.3 Å². The minimum absolute atomic E-state index is 0.205. The molecule has 4 aromatic rings. The second-order valence-corrected chi connectivity index (χ2v) is 6.92. The number of para-hydroxylation sites is 1. The summed E-state index contributed by atoms with van der Waals surface area (Å²) < 4.78 is 0. The molecule has 0 radical (unpaired) electrons. The first kappa shape index (κ1) is 19.5. The topological polar surface area (TPSA) is 83.5 Å². The van der Waals surface area contributed by atoms with Crippen LogP contribution in [0.15, 0.2) is 77.9 Å². The van der Waals surface area contributed by atoms with E-state index in [1.807, 2.05) is 66.7 Å². The van der Waals surface area contributed by atoms with E-state index in [-0.39, 0.29) is 17.6 Å². The Bertz CT molecular complexity index is 1280. The first-order chi connectivity index (χ1) is 14.6. The number of hydrogen-bond donors (Lipinski definition) is 2. The average Bonchev–Trinajstić information content (AvgIpc) is 2.77. The molecule has 0 aliphatic heterocycles. The van der Waals surface area contributed by atoms with E-state index in [1.54, 1.807) is 6.07 Å². The smallest absolute Gasteiger partial charge is 0.259 e. The Morgan fingerprint density at radius 3 is 2.57 bits per heavy atom. The molecule has 2 N–H and O–H groups in total. The Hall–Kier alpha value is -3.77. The van der Waals surface area contributed by atoms with Gasteiger partial charge >= 0.3 is 0 Å². The lowest BCUT2D eigenvalue weighted by Gasteiger charge is -2.07. The number of carbonyl (C=O) groups excluding carboxylic acids is 2. The zero-order chi connectivity index (χ0) is 20.9. The molecule has 0 bridgehead atoms. The number of rotatable bonds is 5. The molecule has 2 amide bonds. The number of nitrogens with zero attached hydrogens (tertiary/aromatic N) is 2. The molecule has 0 unspecified atom stereocenters. The van der Waals surface area contributed by atoms with Crippen molar-refractivity contribution in [2.75, 3.05) is 6.54 Å². The summed E-state index contributed by atoms with van der Waals surface area (Å²) in [6, 6.07) is 22.4. The number of nitrogens with one attached hydrogen (secondary N) is 2. The van der Waals surface area contributed by atoms with Gasteiger partial charge in [0.05, 0.1) is 18.3 Å². The van der Waals surface area contributed by atoms with E-state index in [4.69, 9.17) is 11.6 Å². The zero-order valence-corrected chi connectivity index (χ0v) is 16.6. The molecule has 0 atom stereocenters. The summed E-state index contributed by atoms with van der Waals surface area (Å²) in [5, 5.41) is 9.51. The van der Waals surface area contributed by atoms with Gasteiger partial charge in [0.15, 0.2) is 0 Å². The van der Waals surface area contributed by atoms with Crippen LogP contribution in [0, 0.1) is 0 Å². The minimum atomic E-state index is -0.454. The number of carbonyl (C=O) groups is 2. The van der Waals surface area contributed by atoms with Crippen molar-refractivity contribution in [3.63, 3.8) is 0 Å². The second-order valence-electron chi connectivity index (χ2n) is 6.56. The Kier molecular flexibility index (Phi) is 5.68. The van der Waals surface area contributed by atoms with Gasteiger partial charge in [0.1, 0.15) is 5.15 Å². The van der Waals surface area contributed by atoms with E-state index >= 15 is 0 Å². The van der Waals surface area contributed by atoms with Gasteiger partial charge in [0.25, 0.3) is 11.8 Å². The quantitative estimate of drug-likeness (QED) is 0.294. The van der Waals surface area contributed by atoms with E-state index in [1.165, 1.54) is 6.21 Å². The average molecular weight is 417 g/mol. The predicted octanol–water partition coefficient (Wildman–Crippen LogP) is 3.92. The van der Waals surface area contributed by atoms with Gasteiger partial charge < -0.3 is 5.32 Å². The van der Waals surface area contributed by atoms with E-state index in [0.717, 1.165) is 21.7 Å². The molecule has 0 fully saturated rings. The summed E-state index contributed by atoms with van der Waals surface area (Å²) in [5.41, 5.74) is 4.25. The summed E-state index contributed by atoms with van der Waals surface area (Å²) in [6.07, 6.45) is 1.42. The summed E-state index contributed by atoms with van der Waals surface area (Å²) in [5.74, 6) is -0.780. The molecule has 7 heteroatoms. The van der Waals surface area contributed by atoms with E-state index in [9.17, 15) is 9.59 Å². The fourth-order valence-electron chi connectivity index (χ4n) is 3.09. The fraction of sp³-hybridized carbons (Fsp3) is 0.0435. The lowest BCUT2D eigenvalue weighted by atomic mass is 10.0. The SMILES string of the molecule is O=C(CNC(=O)c1cccc2ccccc12)N/N=C/c1cc2ccccc2nc1Cl. The predicted molar refractivity (Wildman–Crippen MR) is 119 cm³/mol. The molecule has 0 aliphatic rings. The molecular weight excluding hydrogens is 400 g/mol. The lowest BCUT2D eigenvalue weighted by molar-refractivity contribution is -0.120. The molecular formula is C23H17ClN4O2. The Labute approximate surface area is 177 Å². The number of pyridine rings is 1. The molecule has 0 saturated carbocycles. The number of amides is 2. The molecule has 4 rings (SSSR count). The summed E-state index contributed by atoms with van der Waals surface area (Å²) in [6.45, 7) is -0.205. The van der Waals surface area contributed by atoms with Crippen LogP contribution in [0.4, 0.5) is 0 Å². The van der Waals surface area contributed by atoms with Crippen LogP contribution in [0.2, 0.25) is 5.15 Å². The molecule has 3 aromatic carbocycles. The Morgan fingerprint density at radius 2 is 1.70 bits per heavy atom. The maximum atomic E-state index is 12.5. The number of hydrazone groups is 1. The van der Waals surface area contributed by atoms with Gasteiger partial charge in [-0.15, -0.1) is 0 Å². The molecule has 1 aromatic heterocycles. The standard InChI is InChI=1S/C23H17ClN4O2/c24-22-17(12-16-7-2-4-11-20(16)27-22)13-26-28-21(29)14-25-23(30)19-10-5-8-15-6-1-3-9-18(15)19/h1-13H,14H2,(H,25,30)(H,28,29)/b26-13+. The van der Waals surface area contributed by atoms with Crippen LogP contribution in [0.3, 0.4) is 0 Å². The highest BCUT2D eigenvalue weighted by Crippen LogP contribution is 2.19. The number of fused-ring (bicyclic) bond motifs is 2. The normalized spacial score (nSPS) is 11.1. The molecule has 0 aliphatic carbocycles. The van der Waals surface area contributed by atoms with Crippen molar-refractivity contribution in [2.45, 2.75) is 0 Å². The molecule has 30 heavy (non-hydrogen) atoms. The van der Waals surface area contributed by atoms with Crippen molar-refractivity contribution in [2.24, 2.45) is 5.10 Å². The van der Waals surface area contributed by atoms with Crippen LogP contribution in [0.5, 0.6) is 0 Å². The summed E-state index contributed by atoms with van der Waals surface area (Å²) in [7, 11) is 0. The van der Waals surface area contributed by atoms with Gasteiger partial charge in [-0.25, -0.2) is 10.4 Å². The van der Waals surface area contributed by atoms with E-state index in [2.05, 4.69) is 20.8 Å². The van der Waals surface area contributed by atoms with Gasteiger partial charge in [-0.1, -0.05) is 66.2 Å². The van der Waals surface area contributed by atoms with Gasteiger partial charge in [0, 0.05) is 16.5 Å². The first-order valence-corrected chi connectivity index (χ1v) is 9.63. The van der Waals surface area contributed by atoms with Crippen LogP contribution in [-0.2, 0) is 4.79 Å². The highest BCUT2D eigenvalue weighted by Gasteiger charge is 2.11. The Morgan fingerprint density at radius 1 is 0.967 bits per heavy atom. The highest BCUT2D eigenvalue weighted by atomic mass is 35.5. The summed E-state index contributed by atoms with van der Waals surface area (Å²) in [4.78, 5) is 28.8. The van der Waals surface area contributed by atoms with Gasteiger partial charge in [-0.3, -0.25) is 9.59 Å². The van der Waals surface area contributed by atoms with Crippen LogP contribution in [0.1, 0.15) is 15.9 Å². The van der Waals surface area contributed by atoms with Crippen molar-refractivity contribution in [3.05, 3.63) is 89.1 Å². The lowest BCUT2D eigenvalue weighted by Crippen LogP contribution is -2.35. The third-order valence-corrected chi connectivity index (χ3v) is 4.84. The fourth-order valence-corrected chi connectivity index (χ4v) is 3.29. The van der Waals surface area contributed by atoms with Crippen LogP contribution in [0.25, 0.3) is 21.7 Å². The maximum Gasteiger partial charge on any atom is 0.259 e. The van der Waals surface area contributed by atoms with E-state index < -0.39 is 5.91 Å².